The van der Waals surface area contributed by atoms with Crippen LogP contribution < -0.4 is 15.6 Å². The second kappa shape index (κ2) is 8.95. The van der Waals surface area contributed by atoms with Crippen molar-refractivity contribution in [1.29, 1.82) is 0 Å². The molecule has 0 aliphatic carbocycles. The lowest BCUT2D eigenvalue weighted by Crippen LogP contribution is -2.42. The van der Waals surface area contributed by atoms with Crippen LogP contribution in [0, 0.1) is 6.92 Å². The molecular weight excluding hydrogens is 362 g/mol. The van der Waals surface area contributed by atoms with E-state index in [9.17, 15) is 9.59 Å². The molecule has 0 aliphatic heterocycles. The number of rotatable bonds is 6. The smallest absolute Gasteiger partial charge is 0.269 e. The number of nitrogens with one attached hydrogen (secondary N) is 2. The molecule has 0 saturated heterocycles. The van der Waals surface area contributed by atoms with E-state index in [2.05, 4.69) is 15.8 Å². The number of benzene rings is 2. The van der Waals surface area contributed by atoms with Gasteiger partial charge in [0.1, 0.15) is 17.4 Å². The SMILES string of the molecule is Cc1ccc(OCc2nc(CC(=O)NNC(=O)c3ccccc3)cs2)cc1. The lowest BCUT2D eigenvalue weighted by Gasteiger charge is -2.06. The number of thiazole rings is 1. The van der Waals surface area contributed by atoms with Crippen molar-refractivity contribution >= 4 is 23.2 Å². The van der Waals surface area contributed by atoms with Gasteiger partial charge in [0.2, 0.25) is 5.91 Å². The number of aryl methyl sites for hydroxylation is 1. The summed E-state index contributed by atoms with van der Waals surface area (Å²) in [4.78, 5) is 28.3. The van der Waals surface area contributed by atoms with Gasteiger partial charge in [-0.2, -0.15) is 0 Å². The second-order valence-electron chi connectivity index (χ2n) is 5.88. The van der Waals surface area contributed by atoms with Crippen molar-refractivity contribution in [3.05, 3.63) is 81.8 Å². The highest BCUT2D eigenvalue weighted by Crippen LogP contribution is 2.16. The molecule has 6 nitrogen and oxygen atoms in total. The minimum Gasteiger partial charge on any atom is -0.486 e. The molecule has 0 aliphatic rings. The van der Waals surface area contributed by atoms with Crippen LogP contribution in [0.4, 0.5) is 0 Å². The third-order valence-electron chi connectivity index (χ3n) is 3.68. The minimum atomic E-state index is -0.366. The van der Waals surface area contributed by atoms with Crippen LogP contribution in [0.2, 0.25) is 0 Å². The van der Waals surface area contributed by atoms with Crippen LogP contribution in [0.1, 0.15) is 26.6 Å². The van der Waals surface area contributed by atoms with Gasteiger partial charge in [0.05, 0.1) is 12.1 Å². The number of aromatic nitrogens is 1. The number of hydrogen-bond donors (Lipinski definition) is 2. The van der Waals surface area contributed by atoms with Crippen molar-refractivity contribution in [3.8, 4) is 5.75 Å². The Morgan fingerprint density at radius 3 is 2.52 bits per heavy atom. The Hall–Kier alpha value is -3.19. The van der Waals surface area contributed by atoms with E-state index in [1.54, 1.807) is 24.3 Å². The molecule has 0 atom stereocenters. The largest absolute Gasteiger partial charge is 0.486 e. The first-order chi connectivity index (χ1) is 13.1. The summed E-state index contributed by atoms with van der Waals surface area (Å²) in [6.07, 6.45) is 0.0795. The number of hydrogen-bond acceptors (Lipinski definition) is 5. The van der Waals surface area contributed by atoms with E-state index < -0.39 is 0 Å². The summed E-state index contributed by atoms with van der Waals surface area (Å²) in [6.45, 7) is 2.37. The van der Waals surface area contributed by atoms with Crippen LogP contribution in [-0.2, 0) is 17.8 Å². The van der Waals surface area contributed by atoms with Crippen molar-refractivity contribution in [2.75, 3.05) is 0 Å². The first kappa shape index (κ1) is 18.6. The average Bonchev–Trinajstić information content (AvgIpc) is 3.13. The topological polar surface area (TPSA) is 80.3 Å². The molecule has 0 bridgehead atoms. The van der Waals surface area contributed by atoms with Gasteiger partial charge in [-0.05, 0) is 31.2 Å². The predicted octanol–water partition coefficient (Wildman–Crippen LogP) is 3.03. The third kappa shape index (κ3) is 5.65. The summed E-state index contributed by atoms with van der Waals surface area (Å²) in [5.41, 5.74) is 7.06. The maximum absolute atomic E-state index is 12.0. The molecule has 2 N–H and O–H groups in total. The van der Waals surface area contributed by atoms with Gasteiger partial charge in [-0.25, -0.2) is 4.98 Å². The minimum absolute atomic E-state index is 0.0795. The second-order valence-corrected chi connectivity index (χ2v) is 6.82. The Labute approximate surface area is 161 Å². The summed E-state index contributed by atoms with van der Waals surface area (Å²) in [7, 11) is 0. The van der Waals surface area contributed by atoms with Crippen molar-refractivity contribution in [3.63, 3.8) is 0 Å². The molecular formula is C20H19N3O3S. The van der Waals surface area contributed by atoms with E-state index in [1.807, 2.05) is 42.6 Å². The fraction of sp³-hybridized carbons (Fsp3) is 0.150. The van der Waals surface area contributed by atoms with Gasteiger partial charge in [-0.15, -0.1) is 11.3 Å². The fourth-order valence-corrected chi connectivity index (χ4v) is 2.98. The summed E-state index contributed by atoms with van der Waals surface area (Å²) >= 11 is 1.43. The summed E-state index contributed by atoms with van der Waals surface area (Å²) in [5.74, 6) is 0.0729. The highest BCUT2D eigenvalue weighted by Gasteiger charge is 2.10. The molecule has 3 rings (SSSR count). The molecule has 138 valence electrons. The van der Waals surface area contributed by atoms with Crippen molar-refractivity contribution < 1.29 is 14.3 Å². The molecule has 0 unspecified atom stereocenters. The van der Waals surface area contributed by atoms with Gasteiger partial charge in [-0.3, -0.25) is 20.4 Å². The Morgan fingerprint density at radius 1 is 1.04 bits per heavy atom. The van der Waals surface area contributed by atoms with Crippen molar-refractivity contribution in [1.82, 2.24) is 15.8 Å². The summed E-state index contributed by atoms with van der Waals surface area (Å²) < 4.78 is 5.68. The van der Waals surface area contributed by atoms with Gasteiger partial charge < -0.3 is 4.74 Å². The molecule has 27 heavy (non-hydrogen) atoms. The lowest BCUT2D eigenvalue weighted by molar-refractivity contribution is -0.121. The van der Waals surface area contributed by atoms with Gasteiger partial charge in [-0.1, -0.05) is 35.9 Å². The summed E-state index contributed by atoms with van der Waals surface area (Å²) in [5, 5.41) is 2.60. The first-order valence-corrected chi connectivity index (χ1v) is 9.25. The molecule has 2 amide bonds. The van der Waals surface area contributed by atoms with Gasteiger partial charge in [0.25, 0.3) is 5.91 Å². The monoisotopic (exact) mass is 381 g/mol. The Kier molecular flexibility index (Phi) is 6.17. The number of ether oxygens (including phenoxy) is 1. The van der Waals surface area contributed by atoms with Crippen molar-refractivity contribution in [2.24, 2.45) is 0 Å². The zero-order chi connectivity index (χ0) is 19.1. The quantitative estimate of drug-likeness (QED) is 0.643. The molecule has 3 aromatic rings. The van der Waals surface area contributed by atoms with Crippen LogP contribution in [0.15, 0.2) is 60.0 Å². The molecule has 0 radical (unpaired) electrons. The van der Waals surface area contributed by atoms with Crippen molar-refractivity contribution in [2.45, 2.75) is 20.0 Å². The number of carbonyl (C=O) groups is 2. The van der Waals surface area contributed by atoms with E-state index in [1.165, 1.54) is 16.9 Å². The first-order valence-electron chi connectivity index (χ1n) is 8.37. The maximum atomic E-state index is 12.0. The highest BCUT2D eigenvalue weighted by molar-refractivity contribution is 7.09. The normalized spacial score (nSPS) is 10.3. The van der Waals surface area contributed by atoms with E-state index in [0.717, 1.165) is 10.8 Å². The molecule has 1 heterocycles. The summed E-state index contributed by atoms with van der Waals surface area (Å²) in [6, 6.07) is 16.5. The maximum Gasteiger partial charge on any atom is 0.269 e. The van der Waals surface area contributed by atoms with E-state index in [0.29, 0.717) is 17.9 Å². The zero-order valence-electron chi connectivity index (χ0n) is 14.8. The fourth-order valence-electron chi connectivity index (χ4n) is 2.27. The predicted molar refractivity (Wildman–Crippen MR) is 103 cm³/mol. The molecule has 0 saturated carbocycles. The molecule has 0 spiro atoms. The van der Waals surface area contributed by atoms with Crippen LogP contribution >= 0.6 is 11.3 Å². The van der Waals surface area contributed by atoms with E-state index >= 15 is 0 Å². The van der Waals surface area contributed by atoms with Crippen LogP contribution in [0.5, 0.6) is 5.75 Å². The molecule has 1 aromatic heterocycles. The van der Waals surface area contributed by atoms with Crippen LogP contribution in [0.3, 0.4) is 0 Å². The van der Waals surface area contributed by atoms with Gasteiger partial charge in [0, 0.05) is 10.9 Å². The molecule has 2 aromatic carbocycles. The lowest BCUT2D eigenvalue weighted by atomic mass is 10.2. The van der Waals surface area contributed by atoms with Gasteiger partial charge >= 0.3 is 0 Å². The zero-order valence-corrected chi connectivity index (χ0v) is 15.6. The number of hydrazine groups is 1. The Bertz CT molecular complexity index is 908. The molecule has 7 heteroatoms. The Balaban J connectivity index is 1.45. The van der Waals surface area contributed by atoms with E-state index in [-0.39, 0.29) is 18.2 Å². The third-order valence-corrected chi connectivity index (χ3v) is 4.55. The standard InChI is InChI=1S/C20H19N3O3S/c1-14-7-9-17(10-8-14)26-12-19-21-16(13-27-19)11-18(24)22-23-20(25)15-5-3-2-4-6-15/h2-10,13H,11-12H2,1H3,(H,22,24)(H,23,25). The van der Waals surface area contributed by atoms with Crippen LogP contribution in [0.25, 0.3) is 0 Å². The average molecular weight is 381 g/mol. The molecule has 0 fully saturated rings. The van der Waals surface area contributed by atoms with Gasteiger partial charge in [0.15, 0.2) is 0 Å². The van der Waals surface area contributed by atoms with E-state index in [4.69, 9.17) is 4.74 Å². The number of amides is 2. The Morgan fingerprint density at radius 2 is 1.78 bits per heavy atom. The number of carbonyl (C=O) groups excluding carboxylic acids is 2. The van der Waals surface area contributed by atoms with Crippen LogP contribution in [-0.4, -0.2) is 16.8 Å². The number of nitrogens with zero attached hydrogens (tertiary/aromatic N) is 1. The highest BCUT2D eigenvalue weighted by atomic mass is 32.1.